The van der Waals surface area contributed by atoms with Crippen molar-refractivity contribution in [3.63, 3.8) is 0 Å². The summed E-state index contributed by atoms with van der Waals surface area (Å²) < 4.78 is 24.1. The molecule has 94 valence electrons. The molecule has 0 spiro atoms. The van der Waals surface area contributed by atoms with E-state index in [4.69, 9.17) is 0 Å². The van der Waals surface area contributed by atoms with Gasteiger partial charge in [0.25, 0.3) is 0 Å². The van der Waals surface area contributed by atoms with Crippen molar-refractivity contribution in [3.8, 4) is 0 Å². The first kappa shape index (κ1) is 12.7. The number of rotatable bonds is 3. The number of hydrogen-bond acceptors (Lipinski definition) is 5. The second-order valence-corrected chi connectivity index (χ2v) is 7.96. The molecular weight excluding hydrogens is 244 g/mol. The van der Waals surface area contributed by atoms with Crippen molar-refractivity contribution in [1.82, 2.24) is 10.2 Å². The topological polar surface area (TPSA) is 49.4 Å². The SMILES string of the molecule is CCS(=O)(=O)C1CSCCN1C1CCNC1. The van der Waals surface area contributed by atoms with Crippen LogP contribution in [0.1, 0.15) is 13.3 Å². The van der Waals surface area contributed by atoms with Crippen molar-refractivity contribution >= 4 is 21.6 Å². The van der Waals surface area contributed by atoms with Crippen LogP contribution in [-0.4, -0.2) is 61.6 Å². The molecule has 0 radical (unpaired) electrons. The zero-order valence-electron chi connectivity index (χ0n) is 9.68. The fourth-order valence-corrected chi connectivity index (χ4v) is 5.53. The van der Waals surface area contributed by atoms with Crippen LogP contribution in [0.15, 0.2) is 0 Å². The number of hydrogen-bond donors (Lipinski definition) is 1. The predicted molar refractivity (Wildman–Crippen MR) is 68.6 cm³/mol. The quantitative estimate of drug-likeness (QED) is 0.787. The van der Waals surface area contributed by atoms with Gasteiger partial charge in [0.1, 0.15) is 5.37 Å². The fourth-order valence-electron chi connectivity index (χ4n) is 2.44. The summed E-state index contributed by atoms with van der Waals surface area (Å²) in [7, 11) is -2.93. The monoisotopic (exact) mass is 264 g/mol. The van der Waals surface area contributed by atoms with Crippen LogP contribution in [-0.2, 0) is 9.84 Å². The predicted octanol–water partition coefficient (Wildman–Crippen LogP) is 0.158. The van der Waals surface area contributed by atoms with E-state index < -0.39 is 9.84 Å². The summed E-state index contributed by atoms with van der Waals surface area (Å²) >= 11 is 1.77. The average Bonchev–Trinajstić information content (AvgIpc) is 2.82. The summed E-state index contributed by atoms with van der Waals surface area (Å²) in [6.45, 7) is 4.63. The molecule has 6 heteroatoms. The molecule has 0 bridgehead atoms. The van der Waals surface area contributed by atoms with Gasteiger partial charge in [0, 0.05) is 36.4 Å². The molecule has 2 saturated heterocycles. The van der Waals surface area contributed by atoms with Crippen LogP contribution in [0.3, 0.4) is 0 Å². The summed E-state index contributed by atoms with van der Waals surface area (Å²) in [5.41, 5.74) is 0. The highest BCUT2D eigenvalue weighted by molar-refractivity contribution is 8.01. The van der Waals surface area contributed by atoms with Crippen LogP contribution in [0.5, 0.6) is 0 Å². The number of nitrogens with one attached hydrogen (secondary N) is 1. The van der Waals surface area contributed by atoms with Gasteiger partial charge in [-0.05, 0) is 13.0 Å². The maximum Gasteiger partial charge on any atom is 0.166 e. The molecule has 2 rings (SSSR count). The van der Waals surface area contributed by atoms with Gasteiger partial charge in [-0.15, -0.1) is 0 Å². The van der Waals surface area contributed by atoms with Crippen LogP contribution >= 0.6 is 11.8 Å². The van der Waals surface area contributed by atoms with E-state index in [9.17, 15) is 8.42 Å². The van der Waals surface area contributed by atoms with Crippen LogP contribution in [0, 0.1) is 0 Å². The Labute approximate surface area is 102 Å². The Balaban J connectivity index is 2.13. The van der Waals surface area contributed by atoms with Crippen LogP contribution in [0.2, 0.25) is 0 Å². The molecule has 2 fully saturated rings. The van der Waals surface area contributed by atoms with Crippen molar-refractivity contribution < 1.29 is 8.42 Å². The molecule has 2 aliphatic heterocycles. The van der Waals surface area contributed by atoms with Crippen LogP contribution in [0.25, 0.3) is 0 Å². The van der Waals surface area contributed by atoms with Gasteiger partial charge in [0.15, 0.2) is 9.84 Å². The third kappa shape index (κ3) is 2.55. The largest absolute Gasteiger partial charge is 0.315 e. The Morgan fingerprint density at radius 1 is 1.50 bits per heavy atom. The minimum atomic E-state index is -2.93. The lowest BCUT2D eigenvalue weighted by molar-refractivity contribution is 0.204. The summed E-state index contributed by atoms with van der Waals surface area (Å²) in [6, 6.07) is 0.423. The van der Waals surface area contributed by atoms with Crippen molar-refractivity contribution in [2.45, 2.75) is 24.8 Å². The number of sulfone groups is 1. The third-order valence-corrected chi connectivity index (χ3v) is 6.75. The average molecular weight is 264 g/mol. The molecule has 0 aromatic heterocycles. The van der Waals surface area contributed by atoms with E-state index in [2.05, 4.69) is 10.2 Å². The first-order chi connectivity index (χ1) is 7.65. The van der Waals surface area contributed by atoms with Gasteiger partial charge in [-0.2, -0.15) is 11.8 Å². The Morgan fingerprint density at radius 2 is 2.31 bits per heavy atom. The van der Waals surface area contributed by atoms with E-state index in [1.54, 1.807) is 18.7 Å². The van der Waals surface area contributed by atoms with Crippen molar-refractivity contribution in [2.75, 3.05) is 36.9 Å². The van der Waals surface area contributed by atoms with Gasteiger partial charge in [0.05, 0.1) is 0 Å². The van der Waals surface area contributed by atoms with E-state index in [-0.39, 0.29) is 11.1 Å². The molecule has 0 saturated carbocycles. The first-order valence-electron chi connectivity index (χ1n) is 5.91. The second-order valence-electron chi connectivity index (χ2n) is 4.37. The van der Waals surface area contributed by atoms with Gasteiger partial charge in [-0.3, -0.25) is 4.90 Å². The normalized spacial score (nSPS) is 33.1. The summed E-state index contributed by atoms with van der Waals surface area (Å²) in [6.07, 6.45) is 1.08. The smallest absolute Gasteiger partial charge is 0.166 e. The van der Waals surface area contributed by atoms with Gasteiger partial charge in [-0.1, -0.05) is 6.92 Å². The molecule has 0 aromatic rings. The maximum atomic E-state index is 12.0. The second kappa shape index (κ2) is 5.25. The highest BCUT2D eigenvalue weighted by Crippen LogP contribution is 2.25. The molecule has 0 aliphatic carbocycles. The van der Waals surface area contributed by atoms with E-state index in [0.717, 1.165) is 37.6 Å². The van der Waals surface area contributed by atoms with E-state index >= 15 is 0 Å². The summed E-state index contributed by atoms with van der Waals surface area (Å²) in [5.74, 6) is 2.06. The number of thioether (sulfide) groups is 1. The van der Waals surface area contributed by atoms with E-state index in [1.807, 2.05) is 0 Å². The standard InChI is InChI=1S/C10H20N2O2S2/c1-2-16(13,14)10-8-15-6-5-12(10)9-3-4-11-7-9/h9-11H,2-8H2,1H3. The van der Waals surface area contributed by atoms with Gasteiger partial charge < -0.3 is 5.32 Å². The molecule has 2 unspecified atom stereocenters. The maximum absolute atomic E-state index is 12.0. The molecule has 0 aromatic carbocycles. The highest BCUT2D eigenvalue weighted by atomic mass is 32.2. The summed E-state index contributed by atoms with van der Waals surface area (Å²) in [5, 5.41) is 3.07. The molecule has 2 atom stereocenters. The Hall–Kier alpha value is 0.220. The molecule has 1 N–H and O–H groups in total. The minimum absolute atomic E-state index is 0.249. The minimum Gasteiger partial charge on any atom is -0.315 e. The zero-order chi connectivity index (χ0) is 11.6. The lowest BCUT2D eigenvalue weighted by Gasteiger charge is -2.38. The zero-order valence-corrected chi connectivity index (χ0v) is 11.3. The number of nitrogens with zero attached hydrogens (tertiary/aromatic N) is 1. The van der Waals surface area contributed by atoms with Crippen molar-refractivity contribution in [3.05, 3.63) is 0 Å². The molecular formula is C10H20N2O2S2. The molecule has 16 heavy (non-hydrogen) atoms. The molecule has 0 amide bonds. The first-order valence-corrected chi connectivity index (χ1v) is 8.78. The van der Waals surface area contributed by atoms with Crippen molar-refractivity contribution in [2.24, 2.45) is 0 Å². The van der Waals surface area contributed by atoms with Crippen LogP contribution in [0.4, 0.5) is 0 Å². The summed E-state index contributed by atoms with van der Waals surface area (Å²) in [4.78, 5) is 2.22. The van der Waals surface area contributed by atoms with E-state index in [0.29, 0.717) is 6.04 Å². The molecule has 2 heterocycles. The Kier molecular flexibility index (Phi) is 4.15. The van der Waals surface area contributed by atoms with Gasteiger partial charge >= 0.3 is 0 Å². The lowest BCUT2D eigenvalue weighted by atomic mass is 10.2. The molecule has 2 aliphatic rings. The van der Waals surface area contributed by atoms with Gasteiger partial charge in [0.2, 0.25) is 0 Å². The van der Waals surface area contributed by atoms with Crippen molar-refractivity contribution in [1.29, 1.82) is 0 Å². The molecule has 4 nitrogen and oxygen atoms in total. The fraction of sp³-hybridized carbons (Fsp3) is 1.00. The Morgan fingerprint density at radius 3 is 2.94 bits per heavy atom. The highest BCUT2D eigenvalue weighted by Gasteiger charge is 2.37. The Bertz CT molecular complexity index is 326. The van der Waals surface area contributed by atoms with E-state index in [1.165, 1.54) is 0 Å². The third-order valence-electron chi connectivity index (χ3n) is 3.44. The van der Waals surface area contributed by atoms with Gasteiger partial charge in [-0.25, -0.2) is 8.42 Å². The van der Waals surface area contributed by atoms with Crippen LogP contribution < -0.4 is 5.32 Å². The lowest BCUT2D eigenvalue weighted by Crippen LogP contribution is -2.53.